The molecule has 0 aromatic carbocycles. The lowest BCUT2D eigenvalue weighted by atomic mass is 10.8. The Bertz CT molecular complexity index is 40.2. The van der Waals surface area contributed by atoms with Crippen molar-refractivity contribution in [3.63, 3.8) is 0 Å². The third kappa shape index (κ3) is 3.47. The van der Waals surface area contributed by atoms with E-state index in [0.29, 0.717) is 0 Å². The lowest BCUT2D eigenvalue weighted by Gasteiger charge is -1.71. The van der Waals surface area contributed by atoms with Gasteiger partial charge in [0, 0.05) is 6.42 Å². The molecule has 0 amide bonds. The van der Waals surface area contributed by atoms with Gasteiger partial charge < -0.3 is 5.11 Å². The molecule has 0 aromatic rings. The zero-order chi connectivity index (χ0) is 4.28. The molecule has 0 fully saturated rings. The highest BCUT2D eigenvalue weighted by Crippen LogP contribution is 1.67. The molecular formula is C3H6O2. The highest BCUT2D eigenvalue weighted by molar-refractivity contribution is 5.66. The highest BCUT2D eigenvalue weighted by Gasteiger charge is 1.80. The standard InChI is InChI=1S/C3H6O2/c1-2-3(4)5/h2H2,1H3,(H,4,5)/i3+2. The second-order valence-corrected chi connectivity index (χ2v) is 0.747. The van der Waals surface area contributed by atoms with Gasteiger partial charge in [0.1, 0.15) is 0 Å². The molecule has 0 aliphatic rings. The monoisotopic (exact) mass is 76.0 g/mol. The van der Waals surface area contributed by atoms with Gasteiger partial charge in [0.05, 0.1) is 0 Å². The number of hydrogen-bond donors (Lipinski definition) is 1. The van der Waals surface area contributed by atoms with E-state index in [1.165, 1.54) is 0 Å². The van der Waals surface area contributed by atoms with Gasteiger partial charge in [-0.3, -0.25) is 4.79 Å². The molecule has 0 rings (SSSR count). The number of hydrogen-bond acceptors (Lipinski definition) is 1. The molecular weight excluding hydrogens is 70.0 g/mol. The van der Waals surface area contributed by atoms with Crippen LogP contribution in [0.15, 0.2) is 0 Å². The number of carboxylic acid groups (broad SMARTS) is 1. The number of rotatable bonds is 1. The molecule has 0 spiro atoms. The van der Waals surface area contributed by atoms with Crippen molar-refractivity contribution in [1.29, 1.82) is 0 Å². The van der Waals surface area contributed by atoms with Crippen molar-refractivity contribution in [3.8, 4) is 0 Å². The molecule has 0 heterocycles. The van der Waals surface area contributed by atoms with E-state index in [-0.39, 0.29) is 6.42 Å². The van der Waals surface area contributed by atoms with E-state index in [1.54, 1.807) is 6.92 Å². The average Bonchev–Trinajstić information content (AvgIpc) is 1.38. The minimum absolute atomic E-state index is 0.222. The van der Waals surface area contributed by atoms with Crippen LogP contribution in [0.25, 0.3) is 0 Å². The molecule has 0 saturated heterocycles. The van der Waals surface area contributed by atoms with Crippen LogP contribution in [0.4, 0.5) is 0 Å². The molecule has 0 aliphatic carbocycles. The third-order valence-electron chi connectivity index (χ3n) is 0.302. The van der Waals surface area contributed by atoms with Crippen molar-refractivity contribution in [2.24, 2.45) is 0 Å². The molecule has 0 bridgehead atoms. The van der Waals surface area contributed by atoms with E-state index in [9.17, 15) is 4.79 Å². The normalized spacial score (nSPS) is 7.40. The Morgan fingerprint density at radius 3 is 2.20 bits per heavy atom. The van der Waals surface area contributed by atoms with Crippen LogP contribution >= 0.6 is 0 Å². The van der Waals surface area contributed by atoms with Crippen molar-refractivity contribution in [1.82, 2.24) is 0 Å². The number of carboxylic acids is 1. The smallest absolute Gasteiger partial charge is 0.303 e. The minimum atomic E-state index is -0.745. The van der Waals surface area contributed by atoms with Crippen LogP contribution in [0.1, 0.15) is 13.3 Å². The molecule has 2 nitrogen and oxygen atoms in total. The highest BCUT2D eigenvalue weighted by atomic mass is 16.6. The average molecular weight is 76.1 g/mol. The Morgan fingerprint density at radius 1 is 2.00 bits per heavy atom. The largest absolute Gasteiger partial charge is 0.481 e. The summed E-state index contributed by atoms with van der Waals surface area (Å²) in [4.78, 5) is 9.37. The van der Waals surface area contributed by atoms with Gasteiger partial charge in [-0.05, 0) is 0 Å². The van der Waals surface area contributed by atoms with Gasteiger partial charge in [-0.15, -0.1) is 0 Å². The molecule has 0 unspecified atom stereocenters. The fraction of sp³-hybridized carbons (Fsp3) is 0.667. The summed E-state index contributed by atoms with van der Waals surface area (Å²) >= 11 is 0. The second-order valence-electron chi connectivity index (χ2n) is 0.747. The van der Waals surface area contributed by atoms with Crippen LogP contribution in [-0.4, -0.2) is 11.1 Å². The Balaban J connectivity index is 2.85. The fourth-order valence-corrected chi connectivity index (χ4v) is 0. The van der Waals surface area contributed by atoms with Crippen molar-refractivity contribution in [3.05, 3.63) is 0 Å². The number of carbonyl (C=O) groups is 1. The fourth-order valence-electron chi connectivity index (χ4n) is 0. The molecule has 0 aliphatic heterocycles. The van der Waals surface area contributed by atoms with Crippen LogP contribution < -0.4 is 0 Å². The van der Waals surface area contributed by atoms with Gasteiger partial charge in [-0.1, -0.05) is 6.92 Å². The number of aliphatic carboxylic acids is 1. The van der Waals surface area contributed by atoms with Crippen molar-refractivity contribution in [2.75, 3.05) is 0 Å². The molecule has 2 heteroatoms. The molecule has 0 saturated carbocycles. The summed E-state index contributed by atoms with van der Waals surface area (Å²) < 4.78 is 0. The maximum atomic E-state index is 9.37. The summed E-state index contributed by atoms with van der Waals surface area (Å²) in [6.07, 6.45) is 0.222. The van der Waals surface area contributed by atoms with Gasteiger partial charge in [0.15, 0.2) is 0 Å². The maximum absolute atomic E-state index is 9.37. The zero-order valence-electron chi connectivity index (χ0n) is 3.06. The van der Waals surface area contributed by atoms with Gasteiger partial charge >= 0.3 is 5.97 Å². The van der Waals surface area contributed by atoms with Crippen molar-refractivity contribution in [2.45, 2.75) is 13.3 Å². The first kappa shape index (κ1) is 4.47. The van der Waals surface area contributed by atoms with E-state index in [1.807, 2.05) is 0 Å². The van der Waals surface area contributed by atoms with Gasteiger partial charge in [-0.2, -0.15) is 0 Å². The minimum Gasteiger partial charge on any atom is -0.481 e. The first-order chi connectivity index (χ1) is 2.27. The lowest BCUT2D eigenvalue weighted by molar-refractivity contribution is -0.136. The summed E-state index contributed by atoms with van der Waals surface area (Å²) in [5.74, 6) is -0.745. The Kier molecular flexibility index (Phi) is 1.57. The van der Waals surface area contributed by atoms with E-state index in [0.717, 1.165) is 0 Å². The van der Waals surface area contributed by atoms with Crippen molar-refractivity contribution < 1.29 is 9.90 Å². The second kappa shape index (κ2) is 1.76. The van der Waals surface area contributed by atoms with Gasteiger partial charge in [0.25, 0.3) is 0 Å². The van der Waals surface area contributed by atoms with E-state index in [2.05, 4.69) is 0 Å². The van der Waals surface area contributed by atoms with Crippen LogP contribution in [0, 0.1) is 0 Å². The van der Waals surface area contributed by atoms with Crippen LogP contribution in [-0.2, 0) is 4.79 Å². The van der Waals surface area contributed by atoms with Gasteiger partial charge in [0.2, 0.25) is 0 Å². The maximum Gasteiger partial charge on any atom is 0.303 e. The van der Waals surface area contributed by atoms with Gasteiger partial charge in [-0.25, -0.2) is 0 Å². The Hall–Kier alpha value is -0.530. The molecule has 5 heavy (non-hydrogen) atoms. The zero-order valence-corrected chi connectivity index (χ0v) is 3.06. The molecule has 0 atom stereocenters. The van der Waals surface area contributed by atoms with E-state index >= 15 is 0 Å². The summed E-state index contributed by atoms with van der Waals surface area (Å²) in [6.45, 7) is 1.60. The molecule has 1 N–H and O–H groups in total. The van der Waals surface area contributed by atoms with Crippen LogP contribution in [0.3, 0.4) is 0 Å². The summed E-state index contributed by atoms with van der Waals surface area (Å²) in [7, 11) is 0. The Labute approximate surface area is 30.4 Å². The topological polar surface area (TPSA) is 37.3 Å². The SMILES string of the molecule is CC[14C](=O)O. The summed E-state index contributed by atoms with van der Waals surface area (Å²) in [5.41, 5.74) is 0. The summed E-state index contributed by atoms with van der Waals surface area (Å²) in [6, 6.07) is 0. The molecule has 0 aromatic heterocycles. The van der Waals surface area contributed by atoms with E-state index < -0.39 is 5.97 Å². The predicted octanol–water partition coefficient (Wildman–Crippen LogP) is 0.481. The van der Waals surface area contributed by atoms with Crippen LogP contribution in [0.2, 0.25) is 0 Å². The van der Waals surface area contributed by atoms with Crippen molar-refractivity contribution >= 4 is 5.97 Å². The first-order valence-corrected chi connectivity index (χ1v) is 1.49. The summed E-state index contributed by atoms with van der Waals surface area (Å²) in [5, 5.41) is 7.72. The molecule has 30 valence electrons. The Morgan fingerprint density at radius 2 is 2.20 bits per heavy atom. The quantitative estimate of drug-likeness (QED) is 0.493. The first-order valence-electron chi connectivity index (χ1n) is 1.49. The molecule has 0 radical (unpaired) electrons. The lowest BCUT2D eigenvalue weighted by Crippen LogP contribution is -1.86. The van der Waals surface area contributed by atoms with E-state index in [4.69, 9.17) is 5.11 Å². The van der Waals surface area contributed by atoms with Crippen LogP contribution in [0.5, 0.6) is 0 Å². The third-order valence-corrected chi connectivity index (χ3v) is 0.302. The predicted molar refractivity (Wildman–Crippen MR) is 17.9 cm³/mol.